The number of halogens is 1. The highest BCUT2D eigenvalue weighted by Gasteiger charge is 2.26. The van der Waals surface area contributed by atoms with Gasteiger partial charge in [0.1, 0.15) is 6.61 Å². The molecule has 8 nitrogen and oxygen atoms in total. The van der Waals surface area contributed by atoms with E-state index in [-0.39, 0.29) is 26.6 Å². The average Bonchev–Trinajstić information content (AvgIpc) is 3.13. The van der Waals surface area contributed by atoms with Crippen LogP contribution in [0.25, 0.3) is 11.1 Å². The summed E-state index contributed by atoms with van der Waals surface area (Å²) in [5, 5.41) is 6.69. The second kappa shape index (κ2) is 7.32. The van der Waals surface area contributed by atoms with Crippen molar-refractivity contribution in [1.29, 1.82) is 0 Å². The van der Waals surface area contributed by atoms with Crippen molar-refractivity contribution < 1.29 is 13.3 Å². The number of nitrogens with one attached hydrogen (secondary N) is 1. The minimum absolute atomic E-state index is 0.00347. The van der Waals surface area contributed by atoms with E-state index in [1.165, 1.54) is 23.0 Å². The number of aromatic nitrogens is 2. The summed E-state index contributed by atoms with van der Waals surface area (Å²) in [7, 11) is -3.60. The lowest BCUT2D eigenvalue weighted by Crippen LogP contribution is -2.36. The molecule has 0 atom stereocenters. The Morgan fingerprint density at radius 1 is 1.30 bits per heavy atom. The Morgan fingerprint density at radius 2 is 2.04 bits per heavy atom. The summed E-state index contributed by atoms with van der Waals surface area (Å²) in [5.74, 6) is 0. The van der Waals surface area contributed by atoms with Crippen LogP contribution < -0.4 is 11.0 Å². The van der Waals surface area contributed by atoms with Gasteiger partial charge in [-0.25, -0.2) is 13.1 Å². The molecule has 0 fully saturated rings. The van der Waals surface area contributed by atoms with Crippen LogP contribution in [0.4, 0.5) is 0 Å². The van der Waals surface area contributed by atoms with E-state index in [2.05, 4.69) is 10.3 Å². The van der Waals surface area contributed by atoms with Crippen LogP contribution in [0.15, 0.2) is 38.0 Å². The summed E-state index contributed by atoms with van der Waals surface area (Å²) in [6.07, 6.45) is 3.54. The van der Waals surface area contributed by atoms with Crippen molar-refractivity contribution in [2.75, 3.05) is 12.9 Å². The van der Waals surface area contributed by atoms with Gasteiger partial charge < -0.3 is 9.94 Å². The topological polar surface area (TPSA) is 111 Å². The van der Waals surface area contributed by atoms with Gasteiger partial charge in [-0.1, -0.05) is 29.7 Å². The van der Waals surface area contributed by atoms with Gasteiger partial charge in [-0.2, -0.15) is 0 Å². The number of aryl methyl sites for hydroxylation is 1. The molecule has 144 valence electrons. The third-order valence-electron chi connectivity index (χ3n) is 4.18. The number of nitrogens with zero attached hydrogens (tertiary/aromatic N) is 2. The molecule has 3 rings (SSSR count). The molecule has 1 aliphatic rings. The number of aromatic amines is 1. The summed E-state index contributed by atoms with van der Waals surface area (Å²) >= 11 is 6.50. The predicted octanol–water partition coefficient (Wildman–Crippen LogP) is 1.79. The van der Waals surface area contributed by atoms with Gasteiger partial charge in [0, 0.05) is 36.5 Å². The maximum absolute atomic E-state index is 12.5. The zero-order chi connectivity index (χ0) is 19.8. The Kier molecular flexibility index (Phi) is 5.25. The Morgan fingerprint density at radius 3 is 2.63 bits per heavy atom. The quantitative estimate of drug-likeness (QED) is 0.754. The number of H-pyrrole nitrogens is 1. The highest BCUT2D eigenvalue weighted by molar-refractivity contribution is 7.90. The SMILES string of the molecule is CCCn1[nH]cc(-c2ccc(S(C)(=O)=O)c(C3=NOCC3)c2Cl)c(=O)c1=O. The third kappa shape index (κ3) is 3.57. The van der Waals surface area contributed by atoms with Crippen LogP contribution in [-0.4, -0.2) is 36.8 Å². The lowest BCUT2D eigenvalue weighted by atomic mass is 10.0. The first-order valence-corrected chi connectivity index (χ1v) is 10.6. The van der Waals surface area contributed by atoms with Crippen LogP contribution in [0.5, 0.6) is 0 Å². The zero-order valence-corrected chi connectivity index (χ0v) is 16.4. The summed E-state index contributed by atoms with van der Waals surface area (Å²) < 4.78 is 25.6. The number of oxime groups is 1. The molecule has 10 heteroatoms. The fourth-order valence-corrected chi connectivity index (χ4v) is 4.26. The second-order valence-electron chi connectivity index (χ2n) is 6.17. The van der Waals surface area contributed by atoms with E-state index in [1.54, 1.807) is 0 Å². The van der Waals surface area contributed by atoms with Crippen molar-refractivity contribution in [1.82, 2.24) is 9.78 Å². The van der Waals surface area contributed by atoms with Crippen molar-refractivity contribution in [3.8, 4) is 11.1 Å². The van der Waals surface area contributed by atoms with Crippen LogP contribution in [0, 0.1) is 0 Å². The molecule has 0 saturated heterocycles. The lowest BCUT2D eigenvalue weighted by Gasteiger charge is -2.13. The zero-order valence-electron chi connectivity index (χ0n) is 14.8. The first-order chi connectivity index (χ1) is 12.8. The van der Waals surface area contributed by atoms with Crippen LogP contribution in [0.1, 0.15) is 25.3 Å². The summed E-state index contributed by atoms with van der Waals surface area (Å²) in [5.41, 5.74) is -0.495. The monoisotopic (exact) mass is 411 g/mol. The predicted molar refractivity (Wildman–Crippen MR) is 102 cm³/mol. The lowest BCUT2D eigenvalue weighted by molar-refractivity contribution is 0.174. The first-order valence-electron chi connectivity index (χ1n) is 8.30. The van der Waals surface area contributed by atoms with Gasteiger partial charge in [0.2, 0.25) is 0 Å². The molecule has 2 aromatic rings. The fraction of sp³-hybridized carbons (Fsp3) is 0.353. The Balaban J connectivity index is 2.28. The van der Waals surface area contributed by atoms with E-state index >= 15 is 0 Å². The van der Waals surface area contributed by atoms with Gasteiger partial charge in [0.15, 0.2) is 9.84 Å². The molecule has 0 bridgehead atoms. The van der Waals surface area contributed by atoms with E-state index in [0.29, 0.717) is 31.7 Å². The van der Waals surface area contributed by atoms with E-state index in [0.717, 1.165) is 6.26 Å². The van der Waals surface area contributed by atoms with Crippen molar-refractivity contribution >= 4 is 27.1 Å². The van der Waals surface area contributed by atoms with E-state index in [9.17, 15) is 18.0 Å². The molecular formula is C17H18ClN3O5S. The molecule has 0 spiro atoms. The summed E-state index contributed by atoms with van der Waals surface area (Å²) in [6.45, 7) is 2.58. The second-order valence-corrected chi connectivity index (χ2v) is 8.53. The average molecular weight is 412 g/mol. The van der Waals surface area contributed by atoms with Crippen LogP contribution in [0.2, 0.25) is 5.02 Å². The van der Waals surface area contributed by atoms with Gasteiger partial charge >= 0.3 is 5.56 Å². The van der Waals surface area contributed by atoms with Crippen LogP contribution >= 0.6 is 11.6 Å². The smallest absolute Gasteiger partial charge is 0.313 e. The first kappa shape index (κ1) is 19.4. The largest absolute Gasteiger partial charge is 0.395 e. The van der Waals surface area contributed by atoms with Gasteiger partial charge in [-0.15, -0.1) is 0 Å². The van der Waals surface area contributed by atoms with Crippen LogP contribution in [-0.2, 0) is 21.2 Å². The molecule has 0 amide bonds. The Labute approximate surface area is 160 Å². The Bertz CT molecular complexity index is 1150. The normalized spacial score (nSPS) is 14.1. The number of benzene rings is 1. The van der Waals surface area contributed by atoms with Crippen molar-refractivity contribution in [3.63, 3.8) is 0 Å². The molecule has 1 N–H and O–H groups in total. The number of rotatable bonds is 5. The van der Waals surface area contributed by atoms with E-state index < -0.39 is 20.8 Å². The summed E-state index contributed by atoms with van der Waals surface area (Å²) in [6, 6.07) is 2.79. The highest BCUT2D eigenvalue weighted by Crippen LogP contribution is 2.34. The number of hydrogen-bond acceptors (Lipinski definition) is 6. The molecule has 0 saturated carbocycles. The fourth-order valence-electron chi connectivity index (χ4n) is 2.92. The van der Waals surface area contributed by atoms with Gasteiger partial charge in [-0.3, -0.25) is 9.59 Å². The van der Waals surface area contributed by atoms with Crippen molar-refractivity contribution in [2.45, 2.75) is 31.2 Å². The van der Waals surface area contributed by atoms with E-state index in [1.807, 2.05) is 6.92 Å². The standard InChI is InChI=1S/C17H18ClN3O5S/c1-3-7-21-17(23)16(22)11(9-19-21)10-4-5-13(27(2,24)25)14(15(10)18)12-6-8-26-20-12/h4-5,9,19H,3,6-8H2,1-2H3. The van der Waals surface area contributed by atoms with Crippen molar-refractivity contribution in [3.05, 3.63) is 49.5 Å². The van der Waals surface area contributed by atoms with Crippen molar-refractivity contribution in [2.24, 2.45) is 5.16 Å². The Hall–Kier alpha value is -2.39. The molecule has 0 radical (unpaired) electrons. The maximum Gasteiger partial charge on any atom is 0.313 e. The molecule has 2 heterocycles. The molecule has 1 aromatic heterocycles. The van der Waals surface area contributed by atoms with Gasteiger partial charge in [-0.05, 0) is 12.5 Å². The van der Waals surface area contributed by atoms with E-state index in [4.69, 9.17) is 16.4 Å². The maximum atomic E-state index is 12.5. The minimum Gasteiger partial charge on any atom is -0.395 e. The molecule has 0 aliphatic carbocycles. The summed E-state index contributed by atoms with van der Waals surface area (Å²) in [4.78, 5) is 29.8. The minimum atomic E-state index is -3.60. The third-order valence-corrected chi connectivity index (χ3v) is 5.71. The molecule has 0 unspecified atom stereocenters. The highest BCUT2D eigenvalue weighted by atomic mass is 35.5. The van der Waals surface area contributed by atoms with Gasteiger partial charge in [0.05, 0.1) is 21.2 Å². The molecule has 27 heavy (non-hydrogen) atoms. The van der Waals surface area contributed by atoms with Crippen LogP contribution in [0.3, 0.4) is 0 Å². The molecular weight excluding hydrogens is 394 g/mol. The van der Waals surface area contributed by atoms with Gasteiger partial charge in [0.25, 0.3) is 5.43 Å². The molecule has 1 aliphatic heterocycles. The number of hydrogen-bond donors (Lipinski definition) is 1. The number of sulfone groups is 1. The molecule has 1 aromatic carbocycles.